The number of nitrogens with zero attached hydrogens (tertiary/aromatic N) is 1. The molecule has 0 amide bonds. The van der Waals surface area contributed by atoms with Crippen LogP contribution >= 0.6 is 11.8 Å². The minimum atomic E-state index is -0.178. The summed E-state index contributed by atoms with van der Waals surface area (Å²) in [7, 11) is 1.41. The molecule has 0 saturated carbocycles. The molecule has 0 saturated heterocycles. The van der Waals surface area contributed by atoms with Gasteiger partial charge in [-0.2, -0.15) is 11.8 Å². The lowest BCUT2D eigenvalue weighted by atomic mass is 10.2. The lowest BCUT2D eigenvalue weighted by Crippen LogP contribution is -2.14. The zero-order chi connectivity index (χ0) is 14.4. The highest BCUT2D eigenvalue weighted by Gasteiger charge is 2.13. The van der Waals surface area contributed by atoms with Gasteiger partial charge in [0.1, 0.15) is 0 Å². The number of benzene rings is 1. The molecule has 4 nitrogen and oxygen atoms in total. The SMILES string of the molecule is COC(=O)C(C)CSCc1cc(-c2ccccc2)on1. The van der Waals surface area contributed by atoms with Crippen molar-refractivity contribution in [2.24, 2.45) is 5.92 Å². The van der Waals surface area contributed by atoms with Crippen LogP contribution in [0.15, 0.2) is 40.9 Å². The van der Waals surface area contributed by atoms with Crippen molar-refractivity contribution in [2.45, 2.75) is 12.7 Å². The fourth-order valence-corrected chi connectivity index (χ4v) is 2.68. The van der Waals surface area contributed by atoms with Crippen molar-refractivity contribution in [1.29, 1.82) is 0 Å². The van der Waals surface area contributed by atoms with Crippen molar-refractivity contribution in [3.05, 3.63) is 42.1 Å². The van der Waals surface area contributed by atoms with E-state index in [4.69, 9.17) is 9.26 Å². The molecule has 1 aromatic heterocycles. The van der Waals surface area contributed by atoms with E-state index in [1.54, 1.807) is 11.8 Å². The maximum absolute atomic E-state index is 11.3. The molecule has 0 spiro atoms. The second-order valence-electron chi connectivity index (χ2n) is 4.49. The van der Waals surface area contributed by atoms with Crippen LogP contribution in [0.4, 0.5) is 0 Å². The molecule has 1 atom stereocenters. The molecular formula is C15H17NO3S. The Hall–Kier alpha value is -1.75. The molecule has 0 aliphatic rings. The third kappa shape index (κ3) is 3.87. The largest absolute Gasteiger partial charge is 0.469 e. The molecule has 1 unspecified atom stereocenters. The van der Waals surface area contributed by atoms with Crippen LogP contribution in [-0.2, 0) is 15.3 Å². The predicted molar refractivity (Wildman–Crippen MR) is 79.3 cm³/mol. The molecule has 2 aromatic rings. The first-order valence-corrected chi connectivity index (χ1v) is 7.52. The number of hydrogen-bond acceptors (Lipinski definition) is 5. The average Bonchev–Trinajstić information content (AvgIpc) is 2.96. The fraction of sp³-hybridized carbons (Fsp3) is 0.333. The number of aromatic nitrogens is 1. The Morgan fingerprint density at radius 2 is 2.15 bits per heavy atom. The quantitative estimate of drug-likeness (QED) is 0.764. The zero-order valence-electron chi connectivity index (χ0n) is 11.5. The van der Waals surface area contributed by atoms with E-state index in [2.05, 4.69) is 5.16 Å². The van der Waals surface area contributed by atoms with E-state index in [0.717, 1.165) is 22.8 Å². The summed E-state index contributed by atoms with van der Waals surface area (Å²) in [5.74, 6) is 1.91. The zero-order valence-corrected chi connectivity index (χ0v) is 12.4. The molecular weight excluding hydrogens is 274 g/mol. The monoisotopic (exact) mass is 291 g/mol. The topological polar surface area (TPSA) is 52.3 Å². The smallest absolute Gasteiger partial charge is 0.309 e. The van der Waals surface area contributed by atoms with Gasteiger partial charge in [-0.25, -0.2) is 0 Å². The predicted octanol–water partition coefficient (Wildman–Crippen LogP) is 3.38. The van der Waals surface area contributed by atoms with Gasteiger partial charge in [0.2, 0.25) is 0 Å². The van der Waals surface area contributed by atoms with E-state index in [1.165, 1.54) is 7.11 Å². The minimum absolute atomic E-state index is 0.106. The van der Waals surface area contributed by atoms with Gasteiger partial charge in [0, 0.05) is 23.1 Å². The number of rotatable bonds is 6. The number of ether oxygens (including phenoxy) is 1. The summed E-state index contributed by atoms with van der Waals surface area (Å²) in [5.41, 5.74) is 1.89. The Bertz CT molecular complexity index is 553. The van der Waals surface area contributed by atoms with Crippen LogP contribution in [0, 0.1) is 5.92 Å². The average molecular weight is 291 g/mol. The maximum Gasteiger partial charge on any atom is 0.309 e. The molecule has 0 fully saturated rings. The number of carbonyl (C=O) groups excluding carboxylic acids is 1. The molecule has 0 aliphatic heterocycles. The molecule has 0 aliphatic carbocycles. The number of thioether (sulfide) groups is 1. The number of carbonyl (C=O) groups is 1. The maximum atomic E-state index is 11.3. The normalized spacial score (nSPS) is 12.1. The summed E-state index contributed by atoms with van der Waals surface area (Å²) in [5, 5.41) is 4.04. The van der Waals surface area contributed by atoms with Crippen molar-refractivity contribution in [1.82, 2.24) is 5.16 Å². The molecule has 0 radical (unpaired) electrons. The highest BCUT2D eigenvalue weighted by molar-refractivity contribution is 7.98. The highest BCUT2D eigenvalue weighted by Crippen LogP contribution is 2.22. The van der Waals surface area contributed by atoms with Crippen LogP contribution in [0.25, 0.3) is 11.3 Å². The van der Waals surface area contributed by atoms with E-state index in [9.17, 15) is 4.79 Å². The van der Waals surface area contributed by atoms with Gasteiger partial charge < -0.3 is 9.26 Å². The first-order chi connectivity index (χ1) is 9.70. The van der Waals surface area contributed by atoms with Gasteiger partial charge in [-0.05, 0) is 0 Å². The van der Waals surface area contributed by atoms with Crippen LogP contribution in [0.1, 0.15) is 12.6 Å². The summed E-state index contributed by atoms with van der Waals surface area (Å²) in [6.07, 6.45) is 0. The van der Waals surface area contributed by atoms with Gasteiger partial charge in [-0.3, -0.25) is 4.79 Å². The standard InChI is InChI=1S/C15H17NO3S/c1-11(15(17)18-2)9-20-10-13-8-14(19-16-13)12-6-4-3-5-7-12/h3-8,11H,9-10H2,1-2H3. The Labute approximate surface area is 122 Å². The van der Waals surface area contributed by atoms with Crippen LogP contribution in [0.5, 0.6) is 0 Å². The third-order valence-corrected chi connectivity index (χ3v) is 4.07. The molecule has 5 heteroatoms. The molecule has 2 rings (SSSR count). The molecule has 1 heterocycles. The minimum Gasteiger partial charge on any atom is -0.469 e. The summed E-state index contributed by atoms with van der Waals surface area (Å²) in [6, 6.07) is 11.8. The Kier molecular flexibility index (Phi) is 5.24. The Morgan fingerprint density at radius 1 is 1.40 bits per heavy atom. The fourth-order valence-electron chi connectivity index (χ4n) is 1.73. The third-order valence-electron chi connectivity index (χ3n) is 2.84. The Morgan fingerprint density at radius 3 is 2.85 bits per heavy atom. The molecule has 0 N–H and O–H groups in total. The molecule has 20 heavy (non-hydrogen) atoms. The van der Waals surface area contributed by atoms with Gasteiger partial charge in [0.15, 0.2) is 5.76 Å². The van der Waals surface area contributed by atoms with Gasteiger partial charge >= 0.3 is 5.97 Å². The summed E-state index contributed by atoms with van der Waals surface area (Å²) in [4.78, 5) is 11.3. The molecule has 0 bridgehead atoms. The van der Waals surface area contributed by atoms with Gasteiger partial charge in [0.05, 0.1) is 18.7 Å². The second-order valence-corrected chi connectivity index (χ2v) is 5.52. The number of methoxy groups -OCH3 is 1. The lowest BCUT2D eigenvalue weighted by Gasteiger charge is -2.07. The van der Waals surface area contributed by atoms with E-state index in [-0.39, 0.29) is 11.9 Å². The van der Waals surface area contributed by atoms with E-state index in [0.29, 0.717) is 5.75 Å². The van der Waals surface area contributed by atoms with E-state index in [1.807, 2.05) is 43.3 Å². The molecule has 1 aromatic carbocycles. The van der Waals surface area contributed by atoms with Crippen molar-refractivity contribution in [2.75, 3.05) is 12.9 Å². The number of esters is 1. The van der Waals surface area contributed by atoms with Crippen molar-refractivity contribution >= 4 is 17.7 Å². The summed E-state index contributed by atoms with van der Waals surface area (Å²) >= 11 is 1.64. The van der Waals surface area contributed by atoms with Crippen LogP contribution < -0.4 is 0 Å². The lowest BCUT2D eigenvalue weighted by molar-refractivity contribution is -0.143. The van der Waals surface area contributed by atoms with E-state index >= 15 is 0 Å². The van der Waals surface area contributed by atoms with Gasteiger partial charge in [-0.15, -0.1) is 0 Å². The Balaban J connectivity index is 1.86. The highest BCUT2D eigenvalue weighted by atomic mass is 32.2. The first kappa shape index (κ1) is 14.7. The molecule has 106 valence electrons. The summed E-state index contributed by atoms with van der Waals surface area (Å²) < 4.78 is 10.0. The van der Waals surface area contributed by atoms with Crippen LogP contribution in [0.3, 0.4) is 0 Å². The van der Waals surface area contributed by atoms with Crippen molar-refractivity contribution in [3.63, 3.8) is 0 Å². The van der Waals surface area contributed by atoms with Crippen LogP contribution in [0.2, 0.25) is 0 Å². The van der Waals surface area contributed by atoms with Gasteiger partial charge in [-0.1, -0.05) is 42.4 Å². The van der Waals surface area contributed by atoms with Crippen molar-refractivity contribution in [3.8, 4) is 11.3 Å². The van der Waals surface area contributed by atoms with Crippen LogP contribution in [-0.4, -0.2) is 24.0 Å². The van der Waals surface area contributed by atoms with E-state index < -0.39 is 0 Å². The summed E-state index contributed by atoms with van der Waals surface area (Å²) in [6.45, 7) is 1.86. The van der Waals surface area contributed by atoms with Crippen molar-refractivity contribution < 1.29 is 14.1 Å². The number of hydrogen-bond donors (Lipinski definition) is 0. The van der Waals surface area contributed by atoms with Gasteiger partial charge in [0.25, 0.3) is 0 Å². The first-order valence-electron chi connectivity index (χ1n) is 6.37. The second kappa shape index (κ2) is 7.14.